The van der Waals surface area contributed by atoms with Crippen molar-refractivity contribution in [1.82, 2.24) is 5.32 Å². The number of hydrogen-bond acceptors (Lipinski definition) is 3. The average Bonchev–Trinajstić information content (AvgIpc) is 2.33. The van der Waals surface area contributed by atoms with Gasteiger partial charge >= 0.3 is 0 Å². The summed E-state index contributed by atoms with van der Waals surface area (Å²) in [7, 11) is -2.96. The van der Waals surface area contributed by atoms with E-state index in [0.29, 0.717) is 18.0 Å². The fourth-order valence-corrected chi connectivity index (χ4v) is 2.15. The molecule has 1 rings (SSSR count). The maximum atomic E-state index is 11.4. The lowest BCUT2D eigenvalue weighted by atomic mass is 10.2. The molecule has 0 aliphatic carbocycles. The van der Waals surface area contributed by atoms with Crippen LogP contribution in [0.1, 0.15) is 12.0 Å². The van der Waals surface area contributed by atoms with E-state index in [0.717, 1.165) is 5.56 Å². The van der Waals surface area contributed by atoms with Gasteiger partial charge in [0.05, 0.1) is 5.75 Å². The first-order valence-corrected chi connectivity index (χ1v) is 8.20. The Morgan fingerprint density at radius 3 is 2.53 bits per heavy atom. The molecule has 19 heavy (non-hydrogen) atoms. The Kier molecular flexibility index (Phi) is 6.05. The van der Waals surface area contributed by atoms with E-state index in [1.807, 2.05) is 0 Å². The second-order valence-corrected chi connectivity index (χ2v) is 6.86. The number of halogens is 1. The Morgan fingerprint density at radius 2 is 1.95 bits per heavy atom. The van der Waals surface area contributed by atoms with Crippen LogP contribution in [0.2, 0.25) is 5.02 Å². The van der Waals surface area contributed by atoms with Crippen molar-refractivity contribution in [2.24, 2.45) is 0 Å². The largest absolute Gasteiger partial charge is 0.353 e. The van der Waals surface area contributed by atoms with Crippen LogP contribution in [0, 0.1) is 0 Å². The van der Waals surface area contributed by atoms with E-state index in [9.17, 15) is 13.2 Å². The maximum absolute atomic E-state index is 11.4. The summed E-state index contributed by atoms with van der Waals surface area (Å²) in [6.45, 7) is 0.344. The first kappa shape index (κ1) is 15.7. The van der Waals surface area contributed by atoms with Crippen molar-refractivity contribution in [2.75, 3.05) is 18.6 Å². The molecule has 104 valence electrons. The molecule has 0 spiro atoms. The van der Waals surface area contributed by atoms with E-state index in [1.54, 1.807) is 30.3 Å². The highest BCUT2D eigenvalue weighted by molar-refractivity contribution is 7.90. The second-order valence-electron chi connectivity index (χ2n) is 4.16. The molecule has 1 N–H and O–H groups in total. The van der Waals surface area contributed by atoms with Gasteiger partial charge in [0.2, 0.25) is 5.91 Å². The zero-order valence-corrected chi connectivity index (χ0v) is 12.2. The van der Waals surface area contributed by atoms with Crippen molar-refractivity contribution < 1.29 is 13.2 Å². The van der Waals surface area contributed by atoms with Crippen molar-refractivity contribution >= 4 is 33.4 Å². The van der Waals surface area contributed by atoms with Gasteiger partial charge in [-0.2, -0.15) is 0 Å². The fourth-order valence-electron chi connectivity index (χ4n) is 1.35. The zero-order chi connectivity index (χ0) is 14.3. The SMILES string of the molecule is CS(=O)(=O)CCCNC(=O)C=Cc1ccc(Cl)cc1. The molecule has 4 nitrogen and oxygen atoms in total. The van der Waals surface area contributed by atoms with E-state index >= 15 is 0 Å². The summed E-state index contributed by atoms with van der Waals surface area (Å²) in [5.41, 5.74) is 0.871. The van der Waals surface area contributed by atoms with Gasteiger partial charge in [0, 0.05) is 23.9 Å². The molecule has 1 amide bonds. The van der Waals surface area contributed by atoms with Crippen molar-refractivity contribution in [1.29, 1.82) is 0 Å². The van der Waals surface area contributed by atoms with Gasteiger partial charge in [-0.1, -0.05) is 23.7 Å². The van der Waals surface area contributed by atoms with Gasteiger partial charge in [0.15, 0.2) is 0 Å². The monoisotopic (exact) mass is 301 g/mol. The minimum atomic E-state index is -2.96. The minimum absolute atomic E-state index is 0.0776. The Balaban J connectivity index is 2.33. The van der Waals surface area contributed by atoms with Crippen molar-refractivity contribution in [3.8, 4) is 0 Å². The number of carbonyl (C=O) groups excluding carboxylic acids is 1. The van der Waals surface area contributed by atoms with E-state index in [-0.39, 0.29) is 11.7 Å². The molecule has 1 aromatic rings. The lowest BCUT2D eigenvalue weighted by Crippen LogP contribution is -2.23. The molecule has 0 unspecified atom stereocenters. The normalized spacial score (nSPS) is 11.7. The predicted octanol–water partition coefficient (Wildman–Crippen LogP) is 1.90. The van der Waals surface area contributed by atoms with Gasteiger partial charge in [-0.3, -0.25) is 4.79 Å². The minimum Gasteiger partial charge on any atom is -0.353 e. The molecule has 0 saturated heterocycles. The fraction of sp³-hybridized carbons (Fsp3) is 0.308. The molecule has 1 aromatic carbocycles. The molecule has 0 aliphatic rings. The molecule has 0 atom stereocenters. The summed E-state index contributed by atoms with van der Waals surface area (Å²) < 4.78 is 21.8. The predicted molar refractivity (Wildman–Crippen MR) is 77.8 cm³/mol. The van der Waals surface area contributed by atoms with Gasteiger partial charge in [-0.05, 0) is 30.2 Å². The van der Waals surface area contributed by atoms with Crippen LogP contribution >= 0.6 is 11.6 Å². The molecule has 0 radical (unpaired) electrons. The number of rotatable bonds is 6. The van der Waals surface area contributed by atoms with Crippen LogP contribution in [0.15, 0.2) is 30.3 Å². The smallest absolute Gasteiger partial charge is 0.243 e. The molecule has 0 heterocycles. The summed E-state index contributed by atoms with van der Waals surface area (Å²) in [6.07, 6.45) is 4.67. The summed E-state index contributed by atoms with van der Waals surface area (Å²) in [6, 6.07) is 7.09. The van der Waals surface area contributed by atoms with Gasteiger partial charge in [0.1, 0.15) is 9.84 Å². The Bertz CT molecular complexity index is 550. The topological polar surface area (TPSA) is 63.2 Å². The van der Waals surface area contributed by atoms with Crippen LogP contribution < -0.4 is 5.32 Å². The number of sulfone groups is 1. The lowest BCUT2D eigenvalue weighted by molar-refractivity contribution is -0.116. The molecule has 0 bridgehead atoms. The number of amides is 1. The van der Waals surface area contributed by atoms with Crippen LogP contribution in [-0.2, 0) is 14.6 Å². The van der Waals surface area contributed by atoms with Crippen LogP contribution in [0.5, 0.6) is 0 Å². The highest BCUT2D eigenvalue weighted by Gasteiger charge is 2.01. The average molecular weight is 302 g/mol. The Labute approximate surface area is 118 Å². The zero-order valence-electron chi connectivity index (χ0n) is 10.6. The first-order chi connectivity index (χ1) is 8.87. The third-order valence-corrected chi connectivity index (χ3v) is 3.57. The summed E-state index contributed by atoms with van der Waals surface area (Å²) in [5, 5.41) is 3.26. The second kappa shape index (κ2) is 7.31. The van der Waals surface area contributed by atoms with E-state index < -0.39 is 9.84 Å². The van der Waals surface area contributed by atoms with E-state index in [1.165, 1.54) is 12.3 Å². The molecule has 0 fully saturated rings. The molecule has 0 aliphatic heterocycles. The highest BCUT2D eigenvalue weighted by atomic mass is 35.5. The summed E-state index contributed by atoms with van der Waals surface area (Å²) >= 11 is 5.74. The van der Waals surface area contributed by atoms with Crippen LogP contribution in [0.4, 0.5) is 0 Å². The van der Waals surface area contributed by atoms with E-state index in [2.05, 4.69) is 5.32 Å². The van der Waals surface area contributed by atoms with Crippen LogP contribution in [-0.4, -0.2) is 32.9 Å². The quantitative estimate of drug-likeness (QED) is 0.645. The third-order valence-electron chi connectivity index (χ3n) is 2.29. The first-order valence-electron chi connectivity index (χ1n) is 5.76. The number of benzene rings is 1. The number of nitrogens with one attached hydrogen (secondary N) is 1. The van der Waals surface area contributed by atoms with Gasteiger partial charge in [-0.25, -0.2) is 8.42 Å². The maximum Gasteiger partial charge on any atom is 0.243 e. The van der Waals surface area contributed by atoms with Crippen LogP contribution in [0.3, 0.4) is 0 Å². The van der Waals surface area contributed by atoms with Gasteiger partial charge in [-0.15, -0.1) is 0 Å². The molecular weight excluding hydrogens is 286 g/mol. The number of hydrogen-bond donors (Lipinski definition) is 1. The standard InChI is InChI=1S/C13H16ClNO3S/c1-19(17,18)10-2-9-15-13(16)8-5-11-3-6-12(14)7-4-11/h3-8H,2,9-10H2,1H3,(H,15,16). The Hall–Kier alpha value is -1.33. The number of carbonyl (C=O) groups is 1. The summed E-state index contributed by atoms with van der Waals surface area (Å²) in [4.78, 5) is 11.4. The summed E-state index contributed by atoms with van der Waals surface area (Å²) in [5.74, 6) is -0.169. The van der Waals surface area contributed by atoms with Crippen molar-refractivity contribution in [3.63, 3.8) is 0 Å². The van der Waals surface area contributed by atoms with Crippen LogP contribution in [0.25, 0.3) is 6.08 Å². The lowest BCUT2D eigenvalue weighted by Gasteiger charge is -2.01. The van der Waals surface area contributed by atoms with Crippen molar-refractivity contribution in [2.45, 2.75) is 6.42 Å². The van der Waals surface area contributed by atoms with Gasteiger partial charge < -0.3 is 5.32 Å². The Morgan fingerprint density at radius 1 is 1.32 bits per heavy atom. The third kappa shape index (κ3) is 7.64. The molecular formula is C13H16ClNO3S. The van der Waals surface area contributed by atoms with Crippen molar-refractivity contribution in [3.05, 3.63) is 40.9 Å². The molecule has 0 aromatic heterocycles. The highest BCUT2D eigenvalue weighted by Crippen LogP contribution is 2.10. The molecule has 0 saturated carbocycles. The van der Waals surface area contributed by atoms with E-state index in [4.69, 9.17) is 11.6 Å². The molecule has 6 heteroatoms. The van der Waals surface area contributed by atoms with Gasteiger partial charge in [0.25, 0.3) is 0 Å².